The zero-order chi connectivity index (χ0) is 13.8. The Balaban J connectivity index is 2.21. The van der Waals surface area contributed by atoms with Gasteiger partial charge in [-0.3, -0.25) is 14.3 Å². The van der Waals surface area contributed by atoms with Crippen LogP contribution in [0.1, 0.15) is 12.6 Å². The molecule has 1 fully saturated rings. The van der Waals surface area contributed by atoms with E-state index in [0.29, 0.717) is 6.42 Å². The van der Waals surface area contributed by atoms with Crippen molar-refractivity contribution >= 4 is 0 Å². The number of terminal acetylenes is 1. The Kier molecular flexibility index (Phi) is 4.16. The van der Waals surface area contributed by atoms with E-state index in [1.807, 2.05) is 0 Å². The molecule has 1 aromatic rings. The SMILES string of the molecule is C#CC1CC(COCO)OC1n1ccc(=O)[nH]c1=O. The summed E-state index contributed by atoms with van der Waals surface area (Å²) in [7, 11) is 0. The van der Waals surface area contributed by atoms with Crippen LogP contribution >= 0.6 is 0 Å². The third kappa shape index (κ3) is 2.93. The highest BCUT2D eigenvalue weighted by Crippen LogP contribution is 2.32. The van der Waals surface area contributed by atoms with Crippen molar-refractivity contribution in [1.82, 2.24) is 9.55 Å². The number of aromatic nitrogens is 2. The smallest absolute Gasteiger partial charge is 0.330 e. The van der Waals surface area contributed by atoms with E-state index in [4.69, 9.17) is 21.0 Å². The van der Waals surface area contributed by atoms with Gasteiger partial charge >= 0.3 is 5.69 Å². The summed E-state index contributed by atoms with van der Waals surface area (Å²) in [4.78, 5) is 24.9. The van der Waals surface area contributed by atoms with E-state index >= 15 is 0 Å². The van der Waals surface area contributed by atoms with Gasteiger partial charge in [-0.25, -0.2) is 4.79 Å². The van der Waals surface area contributed by atoms with E-state index in [0.717, 1.165) is 0 Å². The van der Waals surface area contributed by atoms with Gasteiger partial charge in [-0.2, -0.15) is 0 Å². The largest absolute Gasteiger partial charge is 0.371 e. The summed E-state index contributed by atoms with van der Waals surface area (Å²) in [6.07, 6.45) is 6.37. The second kappa shape index (κ2) is 5.84. The number of hydrogen-bond acceptors (Lipinski definition) is 5. The maximum atomic E-state index is 11.7. The summed E-state index contributed by atoms with van der Waals surface area (Å²) in [5.41, 5.74) is -1.04. The van der Waals surface area contributed by atoms with Crippen LogP contribution in [0, 0.1) is 18.3 Å². The molecule has 3 unspecified atom stereocenters. The molecule has 1 saturated heterocycles. The van der Waals surface area contributed by atoms with Crippen LogP contribution in [0.5, 0.6) is 0 Å². The molecule has 0 radical (unpaired) electrons. The molecule has 2 N–H and O–H groups in total. The van der Waals surface area contributed by atoms with Gasteiger partial charge in [0.25, 0.3) is 5.56 Å². The Labute approximate surface area is 108 Å². The Hall–Kier alpha value is -1.88. The number of aromatic amines is 1. The molecule has 0 saturated carbocycles. The fraction of sp³-hybridized carbons (Fsp3) is 0.500. The second-order valence-corrected chi connectivity index (χ2v) is 4.17. The number of rotatable bonds is 4. The van der Waals surface area contributed by atoms with Crippen LogP contribution < -0.4 is 11.2 Å². The van der Waals surface area contributed by atoms with Crippen molar-refractivity contribution in [2.75, 3.05) is 13.4 Å². The van der Waals surface area contributed by atoms with Gasteiger partial charge < -0.3 is 14.6 Å². The van der Waals surface area contributed by atoms with E-state index < -0.39 is 24.3 Å². The number of H-pyrrole nitrogens is 1. The van der Waals surface area contributed by atoms with Crippen molar-refractivity contribution in [3.05, 3.63) is 33.1 Å². The topological polar surface area (TPSA) is 93.5 Å². The van der Waals surface area contributed by atoms with E-state index in [2.05, 4.69) is 10.9 Å². The van der Waals surface area contributed by atoms with Gasteiger partial charge in [-0.05, 0) is 6.42 Å². The Morgan fingerprint density at radius 3 is 3.05 bits per heavy atom. The predicted molar refractivity (Wildman–Crippen MR) is 65.2 cm³/mol. The minimum atomic E-state index is -0.637. The zero-order valence-electron chi connectivity index (χ0n) is 10.1. The Morgan fingerprint density at radius 2 is 2.42 bits per heavy atom. The second-order valence-electron chi connectivity index (χ2n) is 4.17. The predicted octanol–water partition coefficient (Wildman–Crippen LogP) is -0.960. The van der Waals surface area contributed by atoms with Crippen molar-refractivity contribution in [3.8, 4) is 12.3 Å². The summed E-state index contributed by atoms with van der Waals surface area (Å²) >= 11 is 0. The summed E-state index contributed by atoms with van der Waals surface area (Å²) in [6.45, 7) is -0.201. The number of hydrogen-bond donors (Lipinski definition) is 2. The van der Waals surface area contributed by atoms with E-state index in [9.17, 15) is 9.59 Å². The number of aliphatic hydroxyl groups is 1. The van der Waals surface area contributed by atoms with Gasteiger partial charge in [-0.1, -0.05) is 5.92 Å². The van der Waals surface area contributed by atoms with Crippen LogP contribution in [0.4, 0.5) is 0 Å². The average Bonchev–Trinajstić information content (AvgIpc) is 2.79. The summed E-state index contributed by atoms with van der Waals surface area (Å²) in [6, 6.07) is 1.23. The highest BCUT2D eigenvalue weighted by molar-refractivity contribution is 5.01. The standard InChI is InChI=1S/C12H14N2O5/c1-2-8-5-9(6-18-7-15)19-11(8)14-4-3-10(16)13-12(14)17/h1,3-4,8-9,11,15H,5-7H2,(H,13,16,17). The van der Waals surface area contributed by atoms with Crippen LogP contribution in [-0.4, -0.2) is 34.2 Å². The maximum absolute atomic E-state index is 11.7. The molecule has 1 aliphatic heterocycles. The molecule has 102 valence electrons. The van der Waals surface area contributed by atoms with E-state index in [1.54, 1.807) is 0 Å². The molecule has 0 aliphatic carbocycles. The lowest BCUT2D eigenvalue weighted by Gasteiger charge is -2.17. The van der Waals surface area contributed by atoms with Gasteiger partial charge in [0, 0.05) is 12.3 Å². The highest BCUT2D eigenvalue weighted by atomic mass is 16.6. The van der Waals surface area contributed by atoms with Gasteiger partial charge in [0.05, 0.1) is 18.6 Å². The van der Waals surface area contributed by atoms with Gasteiger partial charge in [0.1, 0.15) is 6.79 Å². The van der Waals surface area contributed by atoms with Gasteiger partial charge in [0.15, 0.2) is 6.23 Å². The Morgan fingerprint density at radius 1 is 1.63 bits per heavy atom. The monoisotopic (exact) mass is 266 g/mol. The number of nitrogens with one attached hydrogen (secondary N) is 1. The molecule has 19 heavy (non-hydrogen) atoms. The summed E-state index contributed by atoms with van der Waals surface area (Å²) in [5.74, 6) is 2.27. The number of aliphatic hydroxyl groups excluding tert-OH is 1. The van der Waals surface area contributed by atoms with Crippen molar-refractivity contribution in [2.45, 2.75) is 18.8 Å². The molecule has 1 aromatic heterocycles. The molecule has 0 bridgehead atoms. The van der Waals surface area contributed by atoms with E-state index in [-0.39, 0.29) is 18.6 Å². The number of nitrogens with zero attached hydrogens (tertiary/aromatic N) is 1. The third-order valence-electron chi connectivity index (χ3n) is 2.93. The lowest BCUT2D eigenvalue weighted by atomic mass is 10.0. The van der Waals surface area contributed by atoms with Crippen LogP contribution in [0.15, 0.2) is 21.9 Å². The maximum Gasteiger partial charge on any atom is 0.330 e. The summed E-state index contributed by atoms with van der Waals surface area (Å²) in [5, 5.41) is 8.59. The fourth-order valence-electron chi connectivity index (χ4n) is 2.08. The highest BCUT2D eigenvalue weighted by Gasteiger charge is 2.35. The first kappa shape index (κ1) is 13.5. The molecule has 2 rings (SSSR count). The first-order valence-corrected chi connectivity index (χ1v) is 5.77. The molecule has 2 heterocycles. The van der Waals surface area contributed by atoms with Crippen molar-refractivity contribution in [3.63, 3.8) is 0 Å². The zero-order valence-corrected chi connectivity index (χ0v) is 10.1. The summed E-state index contributed by atoms with van der Waals surface area (Å²) < 4.78 is 11.8. The van der Waals surface area contributed by atoms with E-state index in [1.165, 1.54) is 16.8 Å². The number of ether oxygens (including phenoxy) is 2. The quantitative estimate of drug-likeness (QED) is 0.541. The van der Waals surface area contributed by atoms with Crippen molar-refractivity contribution in [1.29, 1.82) is 0 Å². The minimum absolute atomic E-state index is 0.198. The lowest BCUT2D eigenvalue weighted by Crippen LogP contribution is -2.33. The molecule has 0 amide bonds. The molecule has 0 spiro atoms. The van der Waals surface area contributed by atoms with Crippen molar-refractivity contribution in [2.24, 2.45) is 5.92 Å². The minimum Gasteiger partial charge on any atom is -0.371 e. The van der Waals surface area contributed by atoms with Gasteiger partial charge in [0.2, 0.25) is 0 Å². The van der Waals surface area contributed by atoms with Crippen LogP contribution in [0.2, 0.25) is 0 Å². The normalized spacial score (nSPS) is 26.2. The molecule has 0 aromatic carbocycles. The average molecular weight is 266 g/mol. The molecule has 1 aliphatic rings. The Bertz CT molecular complexity index is 585. The third-order valence-corrected chi connectivity index (χ3v) is 2.93. The molecule has 7 nitrogen and oxygen atoms in total. The molecular formula is C12H14N2O5. The fourth-order valence-corrected chi connectivity index (χ4v) is 2.08. The van der Waals surface area contributed by atoms with Gasteiger partial charge in [-0.15, -0.1) is 6.42 Å². The molecule has 3 atom stereocenters. The van der Waals surface area contributed by atoms with Crippen LogP contribution in [-0.2, 0) is 9.47 Å². The first-order valence-electron chi connectivity index (χ1n) is 5.77. The lowest BCUT2D eigenvalue weighted by molar-refractivity contribution is -0.0783. The molecular weight excluding hydrogens is 252 g/mol. The van der Waals surface area contributed by atoms with Crippen LogP contribution in [0.3, 0.4) is 0 Å². The van der Waals surface area contributed by atoms with Crippen molar-refractivity contribution < 1.29 is 14.6 Å². The van der Waals surface area contributed by atoms with Crippen LogP contribution in [0.25, 0.3) is 0 Å². The molecule has 7 heteroatoms. The first-order chi connectivity index (χ1) is 9.15.